The third-order valence-corrected chi connectivity index (χ3v) is 8.92. The van der Waals surface area contributed by atoms with Crippen LogP contribution in [0.25, 0.3) is 16.6 Å². The van der Waals surface area contributed by atoms with Crippen LogP contribution < -0.4 is 4.74 Å². The molecule has 6 heterocycles. The van der Waals surface area contributed by atoms with E-state index >= 15 is 0 Å². The van der Waals surface area contributed by atoms with E-state index in [0.717, 1.165) is 91.2 Å². The Labute approximate surface area is 269 Å². The van der Waals surface area contributed by atoms with Gasteiger partial charge in [0, 0.05) is 30.5 Å². The van der Waals surface area contributed by atoms with Crippen molar-refractivity contribution in [1.29, 1.82) is 0 Å². The number of imidazole rings is 1. The number of hydrogen-bond acceptors (Lipinski definition) is 8. The maximum absolute atomic E-state index is 12.8. The molecule has 5 aromatic rings. The molecule has 0 saturated carbocycles. The highest BCUT2D eigenvalue weighted by molar-refractivity contribution is 5.94. The monoisotopic (exact) mass is 622 g/mol. The van der Waals surface area contributed by atoms with E-state index in [1.165, 1.54) is 0 Å². The van der Waals surface area contributed by atoms with Crippen LogP contribution >= 0.6 is 0 Å². The molecule has 0 radical (unpaired) electrons. The van der Waals surface area contributed by atoms with Crippen LogP contribution in [0, 0.1) is 6.92 Å². The van der Waals surface area contributed by atoms with Crippen LogP contribution in [0.15, 0.2) is 60.9 Å². The standard InChI is InChI=1S/C36H42N6O4/c1-24-20-37-42-16-10-25(18-31(24)42)23-45-34-7-5-6-29(39-34)26-11-14-40(15-12-26)22-33-38-30-9-8-27(35(43)46-36(2,3)4)19-32(30)41(33)21-28-13-17-44-28/h5-10,16,18-20,26,28H,11-15,17,21-23H2,1-4H3. The van der Waals surface area contributed by atoms with Gasteiger partial charge in [-0.3, -0.25) is 4.90 Å². The number of ether oxygens (including phenoxy) is 3. The van der Waals surface area contributed by atoms with E-state index in [1.54, 1.807) is 0 Å². The summed E-state index contributed by atoms with van der Waals surface area (Å²) in [4.78, 5) is 25.2. The molecule has 2 aliphatic heterocycles. The van der Waals surface area contributed by atoms with Crippen LogP contribution in [-0.2, 0) is 29.2 Å². The zero-order valence-corrected chi connectivity index (χ0v) is 27.1. The lowest BCUT2D eigenvalue weighted by Gasteiger charge is -2.32. The number of likely N-dealkylation sites (tertiary alicyclic amines) is 1. The molecule has 0 N–H and O–H groups in total. The van der Waals surface area contributed by atoms with Gasteiger partial charge in [0.05, 0.1) is 47.5 Å². The SMILES string of the molecule is Cc1cnn2ccc(COc3cccc(C4CCN(Cc5nc6ccc(C(=O)OC(C)(C)C)cc6n5CC5CCO5)CC4)n3)cc12. The lowest BCUT2D eigenvalue weighted by atomic mass is 9.93. The molecule has 46 heavy (non-hydrogen) atoms. The third kappa shape index (κ3) is 6.64. The number of nitrogens with zero attached hydrogens (tertiary/aromatic N) is 6. The van der Waals surface area contributed by atoms with Gasteiger partial charge in [-0.05, 0) is 108 Å². The number of piperidine rings is 1. The largest absolute Gasteiger partial charge is 0.473 e. The number of hydrogen-bond donors (Lipinski definition) is 0. The molecule has 1 aromatic carbocycles. The van der Waals surface area contributed by atoms with E-state index in [4.69, 9.17) is 24.2 Å². The van der Waals surface area contributed by atoms with Crippen molar-refractivity contribution in [2.24, 2.45) is 0 Å². The second-order valence-electron chi connectivity index (χ2n) is 13.6. The van der Waals surface area contributed by atoms with Gasteiger partial charge >= 0.3 is 5.97 Å². The Balaban J connectivity index is 1.01. The first kappa shape index (κ1) is 30.4. The van der Waals surface area contributed by atoms with E-state index in [1.807, 2.05) is 74.1 Å². The summed E-state index contributed by atoms with van der Waals surface area (Å²) < 4.78 is 21.7. The first-order valence-electron chi connectivity index (χ1n) is 16.3. The molecule has 0 spiro atoms. The summed E-state index contributed by atoms with van der Waals surface area (Å²) in [5.41, 5.74) is 6.23. The zero-order chi connectivity index (χ0) is 31.8. The molecular weight excluding hydrogens is 580 g/mol. The van der Waals surface area contributed by atoms with Crippen LogP contribution in [0.4, 0.5) is 0 Å². The maximum atomic E-state index is 12.8. The first-order chi connectivity index (χ1) is 22.2. The highest BCUT2D eigenvalue weighted by Gasteiger charge is 2.27. The molecule has 1 atom stereocenters. The number of aromatic nitrogens is 5. The fourth-order valence-corrected chi connectivity index (χ4v) is 6.31. The average Bonchev–Trinajstić information content (AvgIpc) is 3.56. The van der Waals surface area contributed by atoms with Crippen molar-refractivity contribution < 1.29 is 19.0 Å². The summed E-state index contributed by atoms with van der Waals surface area (Å²) in [5, 5.41) is 4.35. The molecule has 0 amide bonds. The lowest BCUT2D eigenvalue weighted by Crippen LogP contribution is -2.35. The van der Waals surface area contributed by atoms with E-state index in [9.17, 15) is 4.79 Å². The van der Waals surface area contributed by atoms with Crippen LogP contribution in [0.3, 0.4) is 0 Å². The van der Waals surface area contributed by atoms with E-state index < -0.39 is 5.60 Å². The Hall–Kier alpha value is -4.28. The minimum atomic E-state index is -0.553. The Kier molecular flexibility index (Phi) is 8.25. The van der Waals surface area contributed by atoms with Crippen molar-refractivity contribution in [3.8, 4) is 5.88 Å². The van der Waals surface area contributed by atoms with Gasteiger partial charge in [0.15, 0.2) is 0 Å². The van der Waals surface area contributed by atoms with Crippen molar-refractivity contribution in [2.45, 2.75) is 84.3 Å². The fraction of sp³-hybridized carbons (Fsp3) is 0.444. The molecule has 0 aliphatic carbocycles. The predicted octanol–water partition coefficient (Wildman–Crippen LogP) is 6.09. The summed E-state index contributed by atoms with van der Waals surface area (Å²) in [6.45, 7) is 12.3. The molecule has 2 aliphatic rings. The number of carbonyl (C=O) groups is 1. The Morgan fingerprint density at radius 2 is 1.85 bits per heavy atom. The number of aryl methyl sites for hydroxylation is 1. The number of benzene rings is 1. The number of pyridine rings is 2. The molecule has 7 rings (SSSR count). The van der Waals surface area contributed by atoms with Crippen LogP contribution in [0.1, 0.15) is 79.0 Å². The van der Waals surface area contributed by atoms with Crippen molar-refractivity contribution >= 4 is 22.5 Å². The molecule has 2 fully saturated rings. The Morgan fingerprint density at radius 1 is 1.02 bits per heavy atom. The zero-order valence-electron chi connectivity index (χ0n) is 27.1. The van der Waals surface area contributed by atoms with Gasteiger partial charge in [-0.15, -0.1) is 0 Å². The Morgan fingerprint density at radius 3 is 2.61 bits per heavy atom. The van der Waals surface area contributed by atoms with E-state index in [0.29, 0.717) is 24.0 Å². The minimum Gasteiger partial charge on any atom is -0.473 e. The topological polar surface area (TPSA) is 96.0 Å². The summed E-state index contributed by atoms with van der Waals surface area (Å²) in [5.74, 6) is 1.72. The molecule has 4 aromatic heterocycles. The smallest absolute Gasteiger partial charge is 0.338 e. The van der Waals surface area contributed by atoms with E-state index in [-0.39, 0.29) is 12.1 Å². The van der Waals surface area contributed by atoms with Crippen LogP contribution in [-0.4, -0.2) is 66.4 Å². The van der Waals surface area contributed by atoms with Gasteiger partial charge < -0.3 is 18.8 Å². The summed E-state index contributed by atoms with van der Waals surface area (Å²) >= 11 is 0. The third-order valence-electron chi connectivity index (χ3n) is 8.92. The normalized spacial score (nSPS) is 17.8. The lowest BCUT2D eigenvalue weighted by molar-refractivity contribution is -0.0592. The second-order valence-corrected chi connectivity index (χ2v) is 13.6. The molecule has 10 nitrogen and oxygen atoms in total. The van der Waals surface area contributed by atoms with Crippen LogP contribution in [0.5, 0.6) is 5.88 Å². The second kappa shape index (κ2) is 12.5. The van der Waals surface area contributed by atoms with Crippen LogP contribution in [0.2, 0.25) is 0 Å². The fourth-order valence-electron chi connectivity index (χ4n) is 6.31. The van der Waals surface area contributed by atoms with Crippen molar-refractivity contribution in [2.75, 3.05) is 19.7 Å². The predicted molar refractivity (Wildman–Crippen MR) is 175 cm³/mol. The molecule has 2 saturated heterocycles. The van der Waals surface area contributed by atoms with Gasteiger partial charge in [0.2, 0.25) is 5.88 Å². The van der Waals surface area contributed by atoms with Crippen molar-refractivity contribution in [3.63, 3.8) is 0 Å². The number of carbonyl (C=O) groups excluding carboxylic acids is 1. The van der Waals surface area contributed by atoms with Gasteiger partial charge in [-0.25, -0.2) is 19.3 Å². The number of fused-ring (bicyclic) bond motifs is 2. The van der Waals surface area contributed by atoms with Gasteiger partial charge in [0.1, 0.15) is 18.0 Å². The van der Waals surface area contributed by atoms with Crippen molar-refractivity contribution in [3.05, 3.63) is 89.1 Å². The highest BCUT2D eigenvalue weighted by Crippen LogP contribution is 2.30. The molecule has 1 unspecified atom stereocenters. The quantitative estimate of drug-likeness (QED) is 0.182. The average molecular weight is 623 g/mol. The summed E-state index contributed by atoms with van der Waals surface area (Å²) in [6, 6.07) is 15.9. The summed E-state index contributed by atoms with van der Waals surface area (Å²) in [7, 11) is 0. The number of esters is 1. The molecular formula is C36H42N6O4. The summed E-state index contributed by atoms with van der Waals surface area (Å²) in [6.07, 6.45) is 7.08. The van der Waals surface area contributed by atoms with E-state index in [2.05, 4.69) is 33.6 Å². The maximum Gasteiger partial charge on any atom is 0.338 e. The van der Waals surface area contributed by atoms with Gasteiger partial charge in [0.25, 0.3) is 0 Å². The minimum absolute atomic E-state index is 0.172. The Bertz CT molecular complexity index is 1860. The number of rotatable bonds is 9. The van der Waals surface area contributed by atoms with Crippen molar-refractivity contribution in [1.82, 2.24) is 29.0 Å². The van der Waals surface area contributed by atoms with Gasteiger partial charge in [-0.1, -0.05) is 6.07 Å². The van der Waals surface area contributed by atoms with Gasteiger partial charge in [-0.2, -0.15) is 5.10 Å². The molecule has 10 heteroatoms. The molecule has 0 bridgehead atoms. The first-order valence-corrected chi connectivity index (χ1v) is 16.3. The highest BCUT2D eigenvalue weighted by atomic mass is 16.6. The molecule has 240 valence electrons.